The van der Waals surface area contributed by atoms with Gasteiger partial charge in [0.1, 0.15) is 11.8 Å². The van der Waals surface area contributed by atoms with Gasteiger partial charge < -0.3 is 26.7 Å². The second-order valence-electron chi connectivity index (χ2n) is 4.06. The van der Waals surface area contributed by atoms with Crippen molar-refractivity contribution in [2.75, 3.05) is 0 Å². The summed E-state index contributed by atoms with van der Waals surface area (Å²) < 4.78 is 0. The number of carbonyl (C=O) groups is 2. The van der Waals surface area contributed by atoms with Crippen LogP contribution in [-0.4, -0.2) is 39.6 Å². The highest BCUT2D eigenvalue weighted by atomic mass is 16.4. The standard InChI is InChI=1S/C12H16N2O4.H2O/c1-7(13)11(16)14-10(12(17)18)6-8-2-4-9(15)5-3-8;/h2-5,7,10,15H,6,13H2,1H3,(H,14,16)(H,17,18);1H2. The average Bonchev–Trinajstić information content (AvgIpc) is 2.30. The number of aliphatic carboxylic acids is 1. The molecule has 0 spiro atoms. The van der Waals surface area contributed by atoms with Crippen LogP contribution in [-0.2, 0) is 16.0 Å². The molecular formula is C12H18N2O5. The van der Waals surface area contributed by atoms with E-state index in [2.05, 4.69) is 5.32 Å². The summed E-state index contributed by atoms with van der Waals surface area (Å²) in [6, 6.07) is 4.33. The normalized spacial score (nSPS) is 12.9. The predicted molar refractivity (Wildman–Crippen MR) is 68.6 cm³/mol. The van der Waals surface area contributed by atoms with Crippen molar-refractivity contribution in [2.45, 2.75) is 25.4 Å². The Morgan fingerprint density at radius 1 is 1.32 bits per heavy atom. The Morgan fingerprint density at radius 3 is 2.26 bits per heavy atom. The molecule has 0 saturated heterocycles. The lowest BCUT2D eigenvalue weighted by Gasteiger charge is -2.16. The van der Waals surface area contributed by atoms with E-state index < -0.39 is 24.0 Å². The molecule has 2 unspecified atom stereocenters. The van der Waals surface area contributed by atoms with Gasteiger partial charge in [0.2, 0.25) is 5.91 Å². The third kappa shape index (κ3) is 5.36. The van der Waals surface area contributed by atoms with Crippen molar-refractivity contribution in [3.05, 3.63) is 29.8 Å². The minimum absolute atomic E-state index is 0. The van der Waals surface area contributed by atoms with Crippen LogP contribution in [0.5, 0.6) is 5.75 Å². The third-order valence-electron chi connectivity index (χ3n) is 2.40. The van der Waals surface area contributed by atoms with Gasteiger partial charge in [-0.1, -0.05) is 12.1 Å². The fourth-order valence-corrected chi connectivity index (χ4v) is 1.37. The monoisotopic (exact) mass is 270 g/mol. The smallest absolute Gasteiger partial charge is 0.326 e. The minimum atomic E-state index is -1.13. The number of rotatable bonds is 5. The van der Waals surface area contributed by atoms with Gasteiger partial charge in [-0.25, -0.2) is 4.79 Å². The molecule has 1 amide bonds. The molecule has 7 nitrogen and oxygen atoms in total. The number of carboxylic acids is 1. The summed E-state index contributed by atoms with van der Waals surface area (Å²) in [4.78, 5) is 22.4. The fraction of sp³-hybridized carbons (Fsp3) is 0.333. The molecule has 0 aliphatic heterocycles. The lowest BCUT2D eigenvalue weighted by Crippen LogP contribution is -2.48. The lowest BCUT2D eigenvalue weighted by molar-refractivity contribution is -0.141. The Labute approximate surface area is 110 Å². The molecule has 0 fully saturated rings. The number of aromatic hydroxyl groups is 1. The minimum Gasteiger partial charge on any atom is -0.508 e. The molecule has 0 aromatic heterocycles. The van der Waals surface area contributed by atoms with Crippen molar-refractivity contribution in [3.8, 4) is 5.75 Å². The second-order valence-corrected chi connectivity index (χ2v) is 4.06. The molecule has 7 heteroatoms. The van der Waals surface area contributed by atoms with Crippen molar-refractivity contribution in [1.29, 1.82) is 0 Å². The highest BCUT2D eigenvalue weighted by molar-refractivity contribution is 5.86. The Hall–Kier alpha value is -2.12. The Morgan fingerprint density at radius 2 is 1.84 bits per heavy atom. The predicted octanol–water partition coefficient (Wildman–Crippen LogP) is -0.973. The van der Waals surface area contributed by atoms with Gasteiger partial charge in [-0.2, -0.15) is 0 Å². The molecule has 0 aliphatic carbocycles. The van der Waals surface area contributed by atoms with Crippen LogP contribution >= 0.6 is 0 Å². The van der Waals surface area contributed by atoms with Crippen molar-refractivity contribution < 1.29 is 25.3 Å². The van der Waals surface area contributed by atoms with Crippen LogP contribution < -0.4 is 11.1 Å². The van der Waals surface area contributed by atoms with E-state index in [9.17, 15) is 9.59 Å². The largest absolute Gasteiger partial charge is 0.508 e. The van der Waals surface area contributed by atoms with Gasteiger partial charge in [-0.05, 0) is 24.6 Å². The molecular weight excluding hydrogens is 252 g/mol. The number of hydrogen-bond donors (Lipinski definition) is 4. The van der Waals surface area contributed by atoms with Crippen LogP contribution in [0, 0.1) is 0 Å². The number of hydrogen-bond acceptors (Lipinski definition) is 4. The molecule has 1 aromatic carbocycles. The molecule has 0 radical (unpaired) electrons. The topological polar surface area (TPSA) is 144 Å². The van der Waals surface area contributed by atoms with E-state index in [1.54, 1.807) is 12.1 Å². The number of carbonyl (C=O) groups excluding carboxylic acids is 1. The molecule has 1 rings (SSSR count). The maximum atomic E-state index is 11.4. The molecule has 0 saturated carbocycles. The number of carboxylic acid groups (broad SMARTS) is 1. The number of nitrogens with two attached hydrogens (primary N) is 1. The summed E-state index contributed by atoms with van der Waals surface area (Å²) in [6.45, 7) is 1.48. The zero-order valence-corrected chi connectivity index (χ0v) is 10.5. The van der Waals surface area contributed by atoms with E-state index in [1.807, 2.05) is 0 Å². The van der Waals surface area contributed by atoms with Crippen molar-refractivity contribution in [3.63, 3.8) is 0 Å². The summed E-state index contributed by atoms with van der Waals surface area (Å²) in [5.74, 6) is -1.54. The van der Waals surface area contributed by atoms with Gasteiger partial charge in [0.15, 0.2) is 0 Å². The van der Waals surface area contributed by atoms with Crippen LogP contribution in [0.3, 0.4) is 0 Å². The maximum absolute atomic E-state index is 11.4. The Balaban J connectivity index is 0.00000324. The van der Waals surface area contributed by atoms with E-state index >= 15 is 0 Å². The number of benzene rings is 1. The number of phenols is 1. The lowest BCUT2D eigenvalue weighted by atomic mass is 10.1. The van der Waals surface area contributed by atoms with Crippen molar-refractivity contribution in [1.82, 2.24) is 5.32 Å². The quantitative estimate of drug-likeness (QED) is 0.544. The van der Waals surface area contributed by atoms with Crippen LogP contribution in [0.1, 0.15) is 12.5 Å². The van der Waals surface area contributed by atoms with E-state index in [4.69, 9.17) is 15.9 Å². The second kappa shape index (κ2) is 7.34. The average molecular weight is 270 g/mol. The molecule has 106 valence electrons. The molecule has 1 aromatic rings. The van der Waals surface area contributed by atoms with Gasteiger partial charge in [0, 0.05) is 6.42 Å². The van der Waals surface area contributed by atoms with E-state index in [-0.39, 0.29) is 17.6 Å². The Bertz CT molecular complexity index is 430. The van der Waals surface area contributed by atoms with Crippen LogP contribution in [0.15, 0.2) is 24.3 Å². The van der Waals surface area contributed by atoms with Gasteiger partial charge in [0.25, 0.3) is 0 Å². The first-order valence-electron chi connectivity index (χ1n) is 5.47. The summed E-state index contributed by atoms with van der Waals surface area (Å²) in [6.07, 6.45) is 0.133. The third-order valence-corrected chi connectivity index (χ3v) is 2.40. The number of amides is 1. The van der Waals surface area contributed by atoms with Crippen LogP contribution in [0.4, 0.5) is 0 Å². The van der Waals surface area contributed by atoms with Crippen molar-refractivity contribution in [2.24, 2.45) is 5.73 Å². The van der Waals surface area contributed by atoms with Gasteiger partial charge in [-0.15, -0.1) is 0 Å². The van der Waals surface area contributed by atoms with Crippen LogP contribution in [0.2, 0.25) is 0 Å². The van der Waals surface area contributed by atoms with Crippen LogP contribution in [0.25, 0.3) is 0 Å². The number of phenolic OH excluding ortho intramolecular Hbond substituents is 1. The zero-order chi connectivity index (χ0) is 13.7. The van der Waals surface area contributed by atoms with E-state index in [1.165, 1.54) is 19.1 Å². The maximum Gasteiger partial charge on any atom is 0.326 e. The summed E-state index contributed by atoms with van der Waals surface area (Å²) >= 11 is 0. The van der Waals surface area contributed by atoms with E-state index in [0.717, 1.165) is 0 Å². The molecule has 19 heavy (non-hydrogen) atoms. The molecule has 0 bridgehead atoms. The van der Waals surface area contributed by atoms with Gasteiger partial charge in [0.05, 0.1) is 6.04 Å². The van der Waals surface area contributed by atoms with E-state index in [0.29, 0.717) is 5.56 Å². The molecule has 0 aliphatic rings. The summed E-state index contributed by atoms with van der Waals surface area (Å²) in [7, 11) is 0. The molecule has 7 N–H and O–H groups in total. The summed E-state index contributed by atoms with van der Waals surface area (Å²) in [5, 5.41) is 20.5. The highest BCUT2D eigenvalue weighted by Crippen LogP contribution is 2.11. The fourth-order valence-electron chi connectivity index (χ4n) is 1.37. The SMILES string of the molecule is CC(N)C(=O)NC(Cc1ccc(O)cc1)C(=O)O.O. The first-order chi connectivity index (χ1) is 8.40. The Kier molecular flexibility index (Phi) is 6.53. The highest BCUT2D eigenvalue weighted by Gasteiger charge is 2.21. The molecule has 2 atom stereocenters. The molecule has 0 heterocycles. The zero-order valence-electron chi connectivity index (χ0n) is 10.5. The van der Waals surface area contributed by atoms with Crippen molar-refractivity contribution >= 4 is 11.9 Å². The first kappa shape index (κ1) is 16.9. The van der Waals surface area contributed by atoms with Gasteiger partial charge in [-0.3, -0.25) is 4.79 Å². The summed E-state index contributed by atoms with van der Waals surface area (Å²) in [5.41, 5.74) is 6.06. The van der Waals surface area contributed by atoms with Gasteiger partial charge >= 0.3 is 5.97 Å². The number of nitrogens with one attached hydrogen (secondary N) is 1. The first-order valence-corrected chi connectivity index (χ1v) is 5.47.